The molecular formula is C13H17N3O. The topological polar surface area (TPSA) is 40.8 Å². The van der Waals surface area contributed by atoms with E-state index in [1.165, 1.54) is 0 Å². The summed E-state index contributed by atoms with van der Waals surface area (Å²) in [5, 5.41) is 9.94. The van der Waals surface area contributed by atoms with Crippen LogP contribution in [0.1, 0.15) is 24.6 Å². The van der Waals surface area contributed by atoms with E-state index in [0.29, 0.717) is 5.92 Å². The molecular weight excluding hydrogens is 214 g/mol. The third kappa shape index (κ3) is 1.78. The highest BCUT2D eigenvalue weighted by molar-refractivity contribution is 5.49. The largest absolute Gasteiger partial charge is 0.494 e. The third-order valence-corrected chi connectivity index (χ3v) is 3.64. The maximum Gasteiger partial charge on any atom is 0.197 e. The summed E-state index contributed by atoms with van der Waals surface area (Å²) in [6, 6.07) is 5.54. The lowest BCUT2D eigenvalue weighted by atomic mass is 9.96. The van der Waals surface area contributed by atoms with E-state index in [4.69, 9.17) is 0 Å². The molecule has 3 rings (SSSR count). The summed E-state index contributed by atoms with van der Waals surface area (Å²) in [6.45, 7) is 2.21. The molecule has 90 valence electrons. The Morgan fingerprint density at radius 1 is 1.29 bits per heavy atom. The van der Waals surface area contributed by atoms with Crippen LogP contribution in [-0.2, 0) is 0 Å². The maximum absolute atomic E-state index is 9.94. The minimum Gasteiger partial charge on any atom is -0.494 e. The zero-order valence-corrected chi connectivity index (χ0v) is 10.0. The van der Waals surface area contributed by atoms with Crippen molar-refractivity contribution in [2.24, 2.45) is 0 Å². The predicted molar refractivity (Wildman–Crippen MR) is 66.3 cm³/mol. The highest BCUT2D eigenvalue weighted by atomic mass is 16.3. The number of fused-ring (bicyclic) bond motifs is 1. The molecule has 2 aromatic rings. The zero-order chi connectivity index (χ0) is 11.8. The molecule has 0 bridgehead atoms. The van der Waals surface area contributed by atoms with E-state index >= 15 is 0 Å². The Morgan fingerprint density at radius 2 is 2.06 bits per heavy atom. The Bertz CT molecular complexity index is 526. The van der Waals surface area contributed by atoms with E-state index in [0.717, 1.165) is 37.3 Å². The number of likely N-dealkylation sites (tertiary alicyclic amines) is 1. The van der Waals surface area contributed by atoms with Gasteiger partial charge in [0.25, 0.3) is 0 Å². The number of hydrogen-bond donors (Lipinski definition) is 1. The van der Waals surface area contributed by atoms with Gasteiger partial charge in [0.1, 0.15) is 5.82 Å². The molecule has 17 heavy (non-hydrogen) atoms. The average molecular weight is 231 g/mol. The van der Waals surface area contributed by atoms with E-state index in [2.05, 4.69) is 16.9 Å². The minimum atomic E-state index is 0.286. The van der Waals surface area contributed by atoms with Crippen molar-refractivity contribution < 1.29 is 5.11 Å². The Labute approximate surface area is 101 Å². The first-order valence-electron chi connectivity index (χ1n) is 6.09. The molecule has 1 aliphatic heterocycles. The van der Waals surface area contributed by atoms with Crippen LogP contribution < -0.4 is 0 Å². The molecule has 0 aromatic carbocycles. The predicted octanol–water partition coefficient (Wildman–Crippen LogP) is 1.85. The van der Waals surface area contributed by atoms with Crippen molar-refractivity contribution in [2.45, 2.75) is 18.8 Å². The number of nitrogens with zero attached hydrogens (tertiary/aromatic N) is 3. The van der Waals surface area contributed by atoms with Crippen molar-refractivity contribution in [1.82, 2.24) is 14.3 Å². The summed E-state index contributed by atoms with van der Waals surface area (Å²) in [7, 11) is 2.15. The molecule has 1 fully saturated rings. The van der Waals surface area contributed by atoms with E-state index in [1.54, 1.807) is 6.07 Å². The molecule has 0 atom stereocenters. The number of piperidine rings is 1. The van der Waals surface area contributed by atoms with E-state index in [-0.39, 0.29) is 5.88 Å². The van der Waals surface area contributed by atoms with Crippen LogP contribution in [0.3, 0.4) is 0 Å². The van der Waals surface area contributed by atoms with Crippen molar-refractivity contribution in [2.75, 3.05) is 20.1 Å². The minimum absolute atomic E-state index is 0.286. The van der Waals surface area contributed by atoms with Crippen molar-refractivity contribution in [1.29, 1.82) is 0 Å². The van der Waals surface area contributed by atoms with Crippen molar-refractivity contribution in [3.8, 4) is 5.88 Å². The van der Waals surface area contributed by atoms with Crippen LogP contribution >= 0.6 is 0 Å². The van der Waals surface area contributed by atoms with Crippen LogP contribution in [0.5, 0.6) is 5.88 Å². The van der Waals surface area contributed by atoms with Crippen molar-refractivity contribution in [3.63, 3.8) is 0 Å². The van der Waals surface area contributed by atoms with Gasteiger partial charge in [-0.05, 0) is 45.1 Å². The molecule has 1 N–H and O–H groups in total. The average Bonchev–Trinajstić information content (AvgIpc) is 2.75. The van der Waals surface area contributed by atoms with Gasteiger partial charge >= 0.3 is 0 Å². The molecule has 2 aromatic heterocycles. The third-order valence-electron chi connectivity index (χ3n) is 3.64. The Morgan fingerprint density at radius 3 is 2.82 bits per heavy atom. The summed E-state index contributed by atoms with van der Waals surface area (Å²) < 4.78 is 1.87. The molecule has 0 saturated carbocycles. The summed E-state index contributed by atoms with van der Waals surface area (Å²) in [5.41, 5.74) is 0.971. The van der Waals surface area contributed by atoms with Gasteiger partial charge in [-0.15, -0.1) is 0 Å². The fourth-order valence-electron chi connectivity index (χ4n) is 2.61. The van der Waals surface area contributed by atoms with Gasteiger partial charge in [-0.3, -0.25) is 4.40 Å². The van der Waals surface area contributed by atoms with Gasteiger partial charge in [-0.1, -0.05) is 6.07 Å². The lowest BCUT2D eigenvalue weighted by Gasteiger charge is -2.28. The quantitative estimate of drug-likeness (QED) is 0.814. The second-order valence-electron chi connectivity index (χ2n) is 4.84. The molecule has 0 amide bonds. The van der Waals surface area contributed by atoms with Crippen LogP contribution in [0.4, 0.5) is 0 Å². The van der Waals surface area contributed by atoms with Crippen LogP contribution in [-0.4, -0.2) is 39.5 Å². The van der Waals surface area contributed by atoms with Gasteiger partial charge in [0.15, 0.2) is 5.88 Å². The van der Waals surface area contributed by atoms with Crippen LogP contribution in [0.25, 0.3) is 5.52 Å². The van der Waals surface area contributed by atoms with Gasteiger partial charge in [0, 0.05) is 5.92 Å². The Kier molecular flexibility index (Phi) is 2.52. The molecule has 1 aliphatic rings. The second kappa shape index (κ2) is 4.04. The van der Waals surface area contributed by atoms with Gasteiger partial charge in [0.2, 0.25) is 0 Å². The molecule has 0 unspecified atom stereocenters. The maximum atomic E-state index is 9.94. The van der Waals surface area contributed by atoms with Gasteiger partial charge < -0.3 is 10.0 Å². The fraction of sp³-hybridized carbons (Fsp3) is 0.462. The van der Waals surface area contributed by atoms with Gasteiger partial charge in [0.05, 0.1) is 11.7 Å². The summed E-state index contributed by atoms with van der Waals surface area (Å²) >= 11 is 0. The molecule has 3 heterocycles. The van der Waals surface area contributed by atoms with E-state index in [1.807, 2.05) is 22.7 Å². The highest BCUT2D eigenvalue weighted by Gasteiger charge is 2.22. The van der Waals surface area contributed by atoms with Crippen LogP contribution in [0, 0.1) is 0 Å². The summed E-state index contributed by atoms with van der Waals surface area (Å²) in [6.07, 6.45) is 4.07. The molecule has 0 radical (unpaired) electrons. The fourth-order valence-corrected chi connectivity index (χ4v) is 2.61. The van der Waals surface area contributed by atoms with E-state index < -0.39 is 0 Å². The zero-order valence-electron chi connectivity index (χ0n) is 10.0. The lowest BCUT2D eigenvalue weighted by molar-refractivity contribution is 0.250. The number of aromatic nitrogens is 2. The van der Waals surface area contributed by atoms with Crippen molar-refractivity contribution in [3.05, 3.63) is 30.2 Å². The molecule has 0 spiro atoms. The number of rotatable bonds is 1. The number of imidazole rings is 1. The SMILES string of the molecule is CN1CCC(c2ncc3cccc(O)n23)CC1. The first-order chi connectivity index (χ1) is 8.25. The standard InChI is InChI=1S/C13H17N3O/c1-15-7-5-10(6-8-15)13-14-9-11-3-2-4-12(17)16(11)13/h2-4,9-10,17H,5-8H2,1H3. The summed E-state index contributed by atoms with van der Waals surface area (Å²) in [4.78, 5) is 6.83. The highest BCUT2D eigenvalue weighted by Crippen LogP contribution is 2.29. The van der Waals surface area contributed by atoms with E-state index in [9.17, 15) is 5.11 Å². The second-order valence-corrected chi connectivity index (χ2v) is 4.84. The molecule has 1 saturated heterocycles. The first kappa shape index (κ1) is 10.6. The smallest absolute Gasteiger partial charge is 0.197 e. The number of hydrogen-bond acceptors (Lipinski definition) is 3. The molecule has 4 nitrogen and oxygen atoms in total. The Balaban J connectivity index is 2.00. The number of pyridine rings is 1. The monoisotopic (exact) mass is 231 g/mol. The van der Waals surface area contributed by atoms with Gasteiger partial charge in [-0.2, -0.15) is 0 Å². The molecule has 0 aliphatic carbocycles. The van der Waals surface area contributed by atoms with Crippen molar-refractivity contribution >= 4 is 5.52 Å². The molecule has 4 heteroatoms. The van der Waals surface area contributed by atoms with Gasteiger partial charge in [-0.25, -0.2) is 4.98 Å². The van der Waals surface area contributed by atoms with Crippen LogP contribution in [0.15, 0.2) is 24.4 Å². The van der Waals surface area contributed by atoms with Crippen LogP contribution in [0.2, 0.25) is 0 Å². The Hall–Kier alpha value is -1.55. The summed E-state index contributed by atoms with van der Waals surface area (Å²) in [5.74, 6) is 1.75. The normalized spacial score (nSPS) is 18.9. The number of aromatic hydroxyl groups is 1. The lowest BCUT2D eigenvalue weighted by Crippen LogP contribution is -2.29. The first-order valence-corrected chi connectivity index (χ1v) is 6.09.